The Labute approximate surface area is 96.9 Å². The van der Waals surface area contributed by atoms with Crippen molar-refractivity contribution >= 4 is 11.8 Å². The van der Waals surface area contributed by atoms with Gasteiger partial charge in [0.2, 0.25) is 0 Å². The maximum absolute atomic E-state index is 10.8. The Morgan fingerprint density at radius 3 is 2.41 bits per heavy atom. The fourth-order valence-electron chi connectivity index (χ4n) is 1.48. The molecule has 0 fully saturated rings. The third-order valence-corrected chi connectivity index (χ3v) is 2.20. The molecule has 7 nitrogen and oxygen atoms in total. The van der Waals surface area contributed by atoms with Gasteiger partial charge in [-0.25, -0.2) is 14.8 Å². The van der Waals surface area contributed by atoms with Crippen molar-refractivity contribution in [3.63, 3.8) is 0 Å². The topological polar surface area (TPSA) is 107 Å². The number of carboxylic acids is 1. The molecule has 0 saturated heterocycles. The number of hydrogen-bond acceptors (Lipinski definition) is 5. The summed E-state index contributed by atoms with van der Waals surface area (Å²) in [6.45, 7) is 3.63. The number of hydrogen-bond donors (Lipinski definition) is 2. The lowest BCUT2D eigenvalue weighted by atomic mass is 10.3. The summed E-state index contributed by atoms with van der Waals surface area (Å²) < 4.78 is 1.21. The average Bonchev–Trinajstić information content (AvgIpc) is 2.58. The fraction of sp³-hybridized carbons (Fsp3) is 0.200. The van der Waals surface area contributed by atoms with Gasteiger partial charge in [-0.05, 0) is 19.9 Å². The van der Waals surface area contributed by atoms with Crippen LogP contribution in [0.4, 0.5) is 5.82 Å². The van der Waals surface area contributed by atoms with Crippen molar-refractivity contribution in [3.05, 3.63) is 29.2 Å². The van der Waals surface area contributed by atoms with Crippen LogP contribution < -0.4 is 5.73 Å². The van der Waals surface area contributed by atoms with Gasteiger partial charge < -0.3 is 10.8 Å². The molecule has 0 aliphatic rings. The molecule has 0 radical (unpaired) electrons. The molecule has 7 heteroatoms. The van der Waals surface area contributed by atoms with E-state index in [2.05, 4.69) is 15.1 Å². The number of anilines is 1. The van der Waals surface area contributed by atoms with Crippen molar-refractivity contribution in [1.82, 2.24) is 19.7 Å². The van der Waals surface area contributed by atoms with Gasteiger partial charge in [0.15, 0.2) is 0 Å². The van der Waals surface area contributed by atoms with Crippen LogP contribution in [-0.4, -0.2) is 30.8 Å². The number of aromatic carboxylic acids is 1. The van der Waals surface area contributed by atoms with Gasteiger partial charge in [-0.2, -0.15) is 9.78 Å². The smallest absolute Gasteiger partial charge is 0.341 e. The second-order valence-electron chi connectivity index (χ2n) is 3.61. The number of carboxylic acid groups (broad SMARTS) is 1. The van der Waals surface area contributed by atoms with Gasteiger partial charge in [0, 0.05) is 11.4 Å². The van der Waals surface area contributed by atoms with Crippen LogP contribution in [0.3, 0.4) is 0 Å². The standard InChI is InChI=1S/C10H11N5O2/c1-5-3-6(2)14-10(13-5)15-8(11)7(4-12-15)9(16)17/h3-4H,11H2,1-2H3,(H,16,17). The predicted octanol–water partition coefficient (Wildman–Crippen LogP) is 0.560. The molecule has 0 atom stereocenters. The summed E-state index contributed by atoms with van der Waals surface area (Å²) in [5, 5.41) is 12.7. The summed E-state index contributed by atoms with van der Waals surface area (Å²) in [5.74, 6) is -0.840. The Morgan fingerprint density at radius 2 is 1.94 bits per heavy atom. The highest BCUT2D eigenvalue weighted by Gasteiger charge is 2.16. The van der Waals surface area contributed by atoms with Crippen LogP contribution in [-0.2, 0) is 0 Å². The zero-order valence-electron chi connectivity index (χ0n) is 9.38. The number of rotatable bonds is 2. The molecule has 3 N–H and O–H groups in total. The molecule has 0 aliphatic carbocycles. The number of nitrogens with zero attached hydrogens (tertiary/aromatic N) is 4. The average molecular weight is 233 g/mol. The number of nitrogen functional groups attached to an aromatic ring is 1. The lowest BCUT2D eigenvalue weighted by Gasteiger charge is -2.04. The highest BCUT2D eigenvalue weighted by molar-refractivity contribution is 5.92. The van der Waals surface area contributed by atoms with Crippen LogP contribution in [0.1, 0.15) is 21.7 Å². The second kappa shape index (κ2) is 3.85. The van der Waals surface area contributed by atoms with Gasteiger partial charge >= 0.3 is 5.97 Å². The van der Waals surface area contributed by atoms with Gasteiger partial charge in [-0.1, -0.05) is 0 Å². The third-order valence-electron chi connectivity index (χ3n) is 2.20. The van der Waals surface area contributed by atoms with Gasteiger partial charge in [0.1, 0.15) is 11.4 Å². The molecule has 2 aromatic rings. The monoisotopic (exact) mass is 233 g/mol. The van der Waals surface area contributed by atoms with E-state index >= 15 is 0 Å². The molecular weight excluding hydrogens is 222 g/mol. The minimum absolute atomic E-state index is 0.0162. The van der Waals surface area contributed by atoms with Crippen molar-refractivity contribution in [3.8, 4) is 5.95 Å². The largest absolute Gasteiger partial charge is 0.477 e. The summed E-state index contributed by atoms with van der Waals surface area (Å²) in [6.07, 6.45) is 1.18. The van der Waals surface area contributed by atoms with Crippen LogP contribution in [0.2, 0.25) is 0 Å². The van der Waals surface area contributed by atoms with Crippen molar-refractivity contribution in [1.29, 1.82) is 0 Å². The Morgan fingerprint density at radius 1 is 1.35 bits per heavy atom. The van der Waals surface area contributed by atoms with Crippen LogP contribution in [0.25, 0.3) is 5.95 Å². The summed E-state index contributed by atoms with van der Waals surface area (Å²) in [4.78, 5) is 19.1. The Bertz CT molecular complexity index is 570. The summed E-state index contributed by atoms with van der Waals surface area (Å²) in [6, 6.07) is 1.81. The normalized spacial score (nSPS) is 10.5. The molecule has 17 heavy (non-hydrogen) atoms. The maximum Gasteiger partial charge on any atom is 0.341 e. The van der Waals surface area contributed by atoms with E-state index in [0.717, 1.165) is 11.4 Å². The van der Waals surface area contributed by atoms with E-state index in [-0.39, 0.29) is 17.3 Å². The Hall–Kier alpha value is -2.44. The molecule has 0 aliphatic heterocycles. The molecule has 2 heterocycles. The van der Waals surface area contributed by atoms with E-state index in [1.54, 1.807) is 6.07 Å². The van der Waals surface area contributed by atoms with Gasteiger partial charge in [0.25, 0.3) is 5.95 Å². The predicted molar refractivity (Wildman–Crippen MR) is 60.0 cm³/mol. The number of aryl methyl sites for hydroxylation is 2. The third kappa shape index (κ3) is 1.94. The summed E-state index contributed by atoms with van der Waals surface area (Å²) >= 11 is 0. The molecule has 0 bridgehead atoms. The van der Waals surface area contributed by atoms with Crippen molar-refractivity contribution < 1.29 is 9.90 Å². The quantitative estimate of drug-likeness (QED) is 0.784. The minimum atomic E-state index is -1.13. The molecule has 0 unspecified atom stereocenters. The first kappa shape index (κ1) is 11.1. The molecule has 2 aromatic heterocycles. The summed E-state index contributed by atoms with van der Waals surface area (Å²) in [7, 11) is 0. The van der Waals surface area contributed by atoms with E-state index in [1.807, 2.05) is 13.8 Å². The Balaban J connectivity index is 2.57. The Kier molecular flexibility index (Phi) is 2.51. The molecule has 2 rings (SSSR count). The highest BCUT2D eigenvalue weighted by atomic mass is 16.4. The van der Waals surface area contributed by atoms with Gasteiger partial charge in [-0.3, -0.25) is 0 Å². The van der Waals surface area contributed by atoms with Crippen molar-refractivity contribution in [2.24, 2.45) is 0 Å². The molecule has 88 valence electrons. The number of aromatic nitrogens is 4. The first-order valence-corrected chi connectivity index (χ1v) is 4.88. The first-order chi connectivity index (χ1) is 7.99. The van der Waals surface area contributed by atoms with Crippen LogP contribution in [0.5, 0.6) is 0 Å². The summed E-state index contributed by atoms with van der Waals surface area (Å²) in [5.41, 5.74) is 7.14. The van der Waals surface area contributed by atoms with Crippen LogP contribution in [0, 0.1) is 13.8 Å². The molecule has 0 amide bonds. The zero-order chi connectivity index (χ0) is 12.6. The van der Waals surface area contributed by atoms with Gasteiger partial charge in [-0.15, -0.1) is 0 Å². The van der Waals surface area contributed by atoms with Crippen LogP contribution >= 0.6 is 0 Å². The van der Waals surface area contributed by atoms with E-state index in [1.165, 1.54) is 10.9 Å². The SMILES string of the molecule is Cc1cc(C)nc(-n2ncc(C(=O)O)c2N)n1. The molecular formula is C10H11N5O2. The van der Waals surface area contributed by atoms with Crippen molar-refractivity contribution in [2.45, 2.75) is 13.8 Å². The molecule has 0 spiro atoms. The van der Waals surface area contributed by atoms with Crippen molar-refractivity contribution in [2.75, 3.05) is 5.73 Å². The number of nitrogens with two attached hydrogens (primary N) is 1. The van der Waals surface area contributed by atoms with E-state index in [4.69, 9.17) is 10.8 Å². The minimum Gasteiger partial charge on any atom is -0.477 e. The van der Waals surface area contributed by atoms with Gasteiger partial charge in [0.05, 0.1) is 6.20 Å². The maximum atomic E-state index is 10.8. The lowest BCUT2D eigenvalue weighted by molar-refractivity contribution is 0.0698. The lowest BCUT2D eigenvalue weighted by Crippen LogP contribution is -2.10. The number of carbonyl (C=O) groups is 1. The fourth-order valence-corrected chi connectivity index (χ4v) is 1.48. The zero-order valence-corrected chi connectivity index (χ0v) is 9.38. The van der Waals surface area contributed by atoms with Crippen LogP contribution in [0.15, 0.2) is 12.3 Å². The second-order valence-corrected chi connectivity index (χ2v) is 3.61. The van der Waals surface area contributed by atoms with E-state index in [9.17, 15) is 4.79 Å². The van der Waals surface area contributed by atoms with E-state index < -0.39 is 5.97 Å². The van der Waals surface area contributed by atoms with E-state index in [0.29, 0.717) is 0 Å². The molecule has 0 saturated carbocycles. The first-order valence-electron chi connectivity index (χ1n) is 4.88. The molecule has 0 aromatic carbocycles. The highest BCUT2D eigenvalue weighted by Crippen LogP contribution is 2.14.